The molecule has 0 aliphatic carbocycles. The van der Waals surface area contributed by atoms with E-state index in [2.05, 4.69) is 0 Å². The minimum absolute atomic E-state index is 0.00929. The lowest BCUT2D eigenvalue weighted by Crippen LogP contribution is -2.35. The van der Waals surface area contributed by atoms with Crippen molar-refractivity contribution in [3.05, 3.63) is 101 Å². The number of hydrogen-bond acceptors (Lipinski definition) is 3. The lowest BCUT2D eigenvalue weighted by Gasteiger charge is -2.30. The topological polar surface area (TPSA) is 29.6 Å². The van der Waals surface area contributed by atoms with Gasteiger partial charge in [0.05, 0.1) is 5.25 Å². The van der Waals surface area contributed by atoms with Crippen LogP contribution in [0.4, 0.5) is 4.39 Å². The van der Waals surface area contributed by atoms with Crippen LogP contribution in [0.5, 0.6) is 0 Å². The van der Waals surface area contributed by atoms with E-state index in [0.29, 0.717) is 5.56 Å². The second-order valence-electron chi connectivity index (χ2n) is 6.58. The van der Waals surface area contributed by atoms with Gasteiger partial charge >= 0.3 is 0 Å². The Balaban J connectivity index is 1.64. The van der Waals surface area contributed by atoms with Crippen molar-refractivity contribution >= 4 is 17.5 Å². The Morgan fingerprint density at radius 1 is 0.846 bits per heavy atom. The molecule has 0 saturated carbocycles. The molecule has 0 amide bonds. The molecule has 5 rings (SSSR count). The minimum atomic E-state index is -0.932. The molecule has 0 radical (unpaired) electrons. The zero-order chi connectivity index (χ0) is 17.7. The van der Waals surface area contributed by atoms with E-state index in [4.69, 9.17) is 4.74 Å². The molecule has 128 valence electrons. The fourth-order valence-electron chi connectivity index (χ4n) is 3.73. The fourth-order valence-corrected chi connectivity index (χ4v) is 5.18. The van der Waals surface area contributed by atoms with E-state index < -0.39 is 5.60 Å². The molecule has 0 unspecified atom stereocenters. The number of carbonyl (C=O) groups excluding carboxylic acids is 1. The SMILES string of the molecule is O=C1c2ccccc2S[C@H](c2ccccc2)[C@@]12O[C@@H]2c1ccc(F)cc1. The van der Waals surface area contributed by atoms with Crippen molar-refractivity contribution in [3.8, 4) is 0 Å². The molecule has 2 nitrogen and oxygen atoms in total. The van der Waals surface area contributed by atoms with Crippen molar-refractivity contribution in [2.24, 2.45) is 0 Å². The van der Waals surface area contributed by atoms with E-state index in [1.807, 2.05) is 54.6 Å². The summed E-state index contributed by atoms with van der Waals surface area (Å²) in [4.78, 5) is 14.4. The molecule has 26 heavy (non-hydrogen) atoms. The number of rotatable bonds is 2. The zero-order valence-electron chi connectivity index (χ0n) is 13.8. The van der Waals surface area contributed by atoms with Crippen molar-refractivity contribution in [1.82, 2.24) is 0 Å². The first kappa shape index (κ1) is 15.8. The van der Waals surface area contributed by atoms with E-state index in [1.165, 1.54) is 12.1 Å². The van der Waals surface area contributed by atoms with Gasteiger partial charge in [0.1, 0.15) is 11.9 Å². The van der Waals surface area contributed by atoms with Crippen LogP contribution in [0.2, 0.25) is 0 Å². The van der Waals surface area contributed by atoms with Gasteiger partial charge in [0.25, 0.3) is 0 Å². The average molecular weight is 362 g/mol. The number of thioether (sulfide) groups is 1. The molecule has 1 fully saturated rings. The van der Waals surface area contributed by atoms with Crippen molar-refractivity contribution in [1.29, 1.82) is 0 Å². The normalized spacial score (nSPS) is 26.6. The summed E-state index contributed by atoms with van der Waals surface area (Å²) in [6, 6.07) is 23.9. The quantitative estimate of drug-likeness (QED) is 0.574. The van der Waals surface area contributed by atoms with Crippen molar-refractivity contribution in [3.63, 3.8) is 0 Å². The lowest BCUT2D eigenvalue weighted by molar-refractivity contribution is 0.0861. The average Bonchev–Trinajstić information content (AvgIpc) is 3.42. The minimum Gasteiger partial charge on any atom is -0.351 e. The van der Waals surface area contributed by atoms with Crippen LogP contribution in [-0.4, -0.2) is 11.4 Å². The maximum Gasteiger partial charge on any atom is 0.200 e. The first-order valence-electron chi connectivity index (χ1n) is 8.49. The Morgan fingerprint density at radius 2 is 1.54 bits per heavy atom. The number of fused-ring (bicyclic) bond motifs is 1. The van der Waals surface area contributed by atoms with Gasteiger partial charge in [0, 0.05) is 10.5 Å². The van der Waals surface area contributed by atoms with Crippen LogP contribution in [0.15, 0.2) is 83.8 Å². The Morgan fingerprint density at radius 3 is 2.31 bits per heavy atom. The first-order chi connectivity index (χ1) is 12.7. The summed E-state index contributed by atoms with van der Waals surface area (Å²) in [5.74, 6) is -0.284. The molecule has 0 aromatic heterocycles. The highest BCUT2D eigenvalue weighted by Crippen LogP contribution is 2.66. The second-order valence-corrected chi connectivity index (χ2v) is 7.72. The largest absolute Gasteiger partial charge is 0.351 e. The Bertz CT molecular complexity index is 987. The van der Waals surface area contributed by atoms with Crippen LogP contribution in [0.1, 0.15) is 32.8 Å². The molecular formula is C22H15FO2S. The smallest absolute Gasteiger partial charge is 0.200 e. The Labute approximate surface area is 155 Å². The van der Waals surface area contributed by atoms with Crippen LogP contribution in [0.25, 0.3) is 0 Å². The van der Waals surface area contributed by atoms with E-state index in [0.717, 1.165) is 16.0 Å². The Hall–Kier alpha value is -2.43. The molecule has 0 bridgehead atoms. The maximum absolute atomic E-state index is 13.4. The van der Waals surface area contributed by atoms with Crippen LogP contribution < -0.4 is 0 Å². The number of epoxide rings is 1. The third-order valence-corrected chi connectivity index (χ3v) is 6.51. The molecule has 1 saturated heterocycles. The first-order valence-corrected chi connectivity index (χ1v) is 9.37. The molecule has 3 aromatic rings. The van der Waals surface area contributed by atoms with Gasteiger partial charge in [-0.05, 0) is 29.3 Å². The van der Waals surface area contributed by atoms with Gasteiger partial charge in [-0.25, -0.2) is 4.39 Å². The second kappa shape index (κ2) is 5.79. The third kappa shape index (κ3) is 2.26. The number of benzene rings is 3. The lowest BCUT2D eigenvalue weighted by atomic mass is 9.85. The molecule has 2 heterocycles. The van der Waals surface area contributed by atoms with E-state index in [1.54, 1.807) is 23.9 Å². The summed E-state index contributed by atoms with van der Waals surface area (Å²) in [5.41, 5.74) is 1.66. The number of Topliss-reactive ketones (excluding diaryl/α,β-unsaturated/α-hetero) is 1. The number of ketones is 1. The summed E-state index contributed by atoms with van der Waals surface area (Å²) in [5, 5.41) is -0.138. The zero-order valence-corrected chi connectivity index (χ0v) is 14.6. The van der Waals surface area contributed by atoms with Crippen LogP contribution in [-0.2, 0) is 4.74 Å². The van der Waals surface area contributed by atoms with E-state index in [-0.39, 0.29) is 23.0 Å². The fraction of sp³-hybridized carbons (Fsp3) is 0.136. The highest BCUT2D eigenvalue weighted by atomic mass is 32.2. The molecule has 3 aromatic carbocycles. The van der Waals surface area contributed by atoms with E-state index in [9.17, 15) is 9.18 Å². The summed E-state index contributed by atoms with van der Waals surface area (Å²) in [6.45, 7) is 0. The van der Waals surface area contributed by atoms with Crippen molar-refractivity contribution in [2.75, 3.05) is 0 Å². The van der Waals surface area contributed by atoms with Gasteiger partial charge in [-0.3, -0.25) is 4.79 Å². The summed E-state index contributed by atoms with van der Waals surface area (Å²) >= 11 is 1.66. The van der Waals surface area contributed by atoms with Gasteiger partial charge in [0.2, 0.25) is 0 Å². The number of halogens is 1. The maximum atomic E-state index is 13.4. The predicted octanol–water partition coefficient (Wildman–Crippen LogP) is 5.37. The summed E-state index contributed by atoms with van der Waals surface area (Å²) in [6.07, 6.45) is -0.360. The third-order valence-electron chi connectivity index (χ3n) is 5.04. The van der Waals surface area contributed by atoms with Crippen molar-refractivity contribution in [2.45, 2.75) is 21.9 Å². The van der Waals surface area contributed by atoms with Gasteiger partial charge in [-0.15, -0.1) is 11.8 Å². The molecular weight excluding hydrogens is 347 g/mol. The summed E-state index contributed by atoms with van der Waals surface area (Å²) < 4.78 is 19.4. The van der Waals surface area contributed by atoms with Crippen LogP contribution >= 0.6 is 11.8 Å². The standard InChI is InChI=1S/C22H15FO2S/c23-16-12-10-14(11-13-16)20-22(25-20)19(24)17-8-4-5-9-18(17)26-21(22)15-6-2-1-3-7-15/h1-13,20-21H/t20-,21-,22-/m1/s1. The molecule has 0 N–H and O–H groups in total. The van der Waals surface area contributed by atoms with Gasteiger partial charge < -0.3 is 4.74 Å². The molecule has 4 heteroatoms. The van der Waals surface area contributed by atoms with Crippen molar-refractivity contribution < 1.29 is 13.9 Å². The van der Waals surface area contributed by atoms with E-state index >= 15 is 0 Å². The highest BCUT2D eigenvalue weighted by molar-refractivity contribution is 7.99. The molecule has 1 spiro atoms. The van der Waals surface area contributed by atoms with Crippen LogP contribution in [0, 0.1) is 5.82 Å². The van der Waals surface area contributed by atoms with Crippen LogP contribution in [0.3, 0.4) is 0 Å². The van der Waals surface area contributed by atoms with Gasteiger partial charge in [-0.2, -0.15) is 0 Å². The highest BCUT2D eigenvalue weighted by Gasteiger charge is 2.69. The summed E-state index contributed by atoms with van der Waals surface area (Å²) in [7, 11) is 0. The molecule has 3 atom stereocenters. The predicted molar refractivity (Wildman–Crippen MR) is 98.8 cm³/mol. The number of ether oxygens (including phenoxy) is 1. The van der Waals surface area contributed by atoms with Gasteiger partial charge in [-0.1, -0.05) is 60.7 Å². The van der Waals surface area contributed by atoms with Gasteiger partial charge in [0.15, 0.2) is 11.4 Å². The number of carbonyl (C=O) groups is 1. The Kier molecular flexibility index (Phi) is 3.52. The molecule has 2 aliphatic heterocycles. The molecule has 2 aliphatic rings. The monoisotopic (exact) mass is 362 g/mol. The number of hydrogen-bond donors (Lipinski definition) is 0.